The zero-order valence-corrected chi connectivity index (χ0v) is 11.2. The minimum Gasteiger partial charge on any atom is -0.360 e. The lowest BCUT2D eigenvalue weighted by molar-refractivity contribution is 0.0994. The predicted octanol–water partition coefficient (Wildman–Crippen LogP) is 4.39. The molecular formula is C16H11ClFNO. The number of benzene rings is 2. The molecule has 4 heteroatoms. The summed E-state index contributed by atoms with van der Waals surface area (Å²) in [5.41, 5.74) is 2.17. The zero-order chi connectivity index (χ0) is 14.1. The summed E-state index contributed by atoms with van der Waals surface area (Å²) in [6.07, 6.45) is 1.89. The molecule has 2 nitrogen and oxygen atoms in total. The van der Waals surface area contributed by atoms with Crippen LogP contribution in [0.5, 0.6) is 0 Å². The van der Waals surface area contributed by atoms with Gasteiger partial charge in [0, 0.05) is 29.1 Å². The summed E-state index contributed by atoms with van der Waals surface area (Å²) in [5, 5.41) is 1.28. The normalized spacial score (nSPS) is 10.9. The van der Waals surface area contributed by atoms with Crippen LogP contribution in [0.1, 0.15) is 15.9 Å². The van der Waals surface area contributed by atoms with Crippen molar-refractivity contribution in [2.75, 3.05) is 0 Å². The summed E-state index contributed by atoms with van der Waals surface area (Å²) in [6.45, 7) is 0. The van der Waals surface area contributed by atoms with E-state index in [0.717, 1.165) is 16.5 Å². The average molecular weight is 288 g/mol. The third-order valence-corrected chi connectivity index (χ3v) is 3.55. The lowest BCUT2D eigenvalue weighted by Crippen LogP contribution is -2.02. The summed E-state index contributed by atoms with van der Waals surface area (Å²) in [6, 6.07) is 11.4. The Kier molecular flexibility index (Phi) is 3.28. The number of hydrogen-bond acceptors (Lipinski definition) is 1. The molecule has 1 heterocycles. The Labute approximate surface area is 120 Å². The molecule has 20 heavy (non-hydrogen) atoms. The number of hydrogen-bond donors (Lipinski definition) is 1. The van der Waals surface area contributed by atoms with E-state index in [1.54, 1.807) is 24.4 Å². The number of aromatic amines is 1. The monoisotopic (exact) mass is 287 g/mol. The SMILES string of the molecule is O=C(Cc1ccc(F)cc1)c1c[nH]c2cccc(Cl)c12. The molecule has 0 atom stereocenters. The van der Waals surface area contributed by atoms with Gasteiger partial charge < -0.3 is 4.98 Å². The second-order valence-electron chi connectivity index (χ2n) is 4.59. The molecule has 0 saturated heterocycles. The van der Waals surface area contributed by atoms with E-state index >= 15 is 0 Å². The molecule has 1 N–H and O–H groups in total. The van der Waals surface area contributed by atoms with Crippen LogP contribution in [0.3, 0.4) is 0 Å². The van der Waals surface area contributed by atoms with Gasteiger partial charge >= 0.3 is 0 Å². The highest BCUT2D eigenvalue weighted by Gasteiger charge is 2.14. The number of halogens is 2. The van der Waals surface area contributed by atoms with E-state index in [-0.39, 0.29) is 18.0 Å². The standard InChI is InChI=1S/C16H11ClFNO/c17-13-2-1-3-14-16(13)12(9-19-14)15(20)8-10-4-6-11(18)7-5-10/h1-7,9,19H,8H2. The van der Waals surface area contributed by atoms with Crippen molar-refractivity contribution in [3.8, 4) is 0 Å². The first-order valence-electron chi connectivity index (χ1n) is 6.18. The van der Waals surface area contributed by atoms with Crippen molar-refractivity contribution in [2.24, 2.45) is 0 Å². The van der Waals surface area contributed by atoms with Gasteiger partial charge in [-0.2, -0.15) is 0 Å². The van der Waals surface area contributed by atoms with Crippen molar-refractivity contribution in [1.82, 2.24) is 4.98 Å². The molecule has 1 aromatic heterocycles. The van der Waals surface area contributed by atoms with E-state index in [4.69, 9.17) is 11.6 Å². The highest BCUT2D eigenvalue weighted by molar-refractivity contribution is 6.36. The van der Waals surface area contributed by atoms with E-state index in [9.17, 15) is 9.18 Å². The van der Waals surface area contributed by atoms with E-state index in [2.05, 4.69) is 4.98 Å². The summed E-state index contributed by atoms with van der Waals surface area (Å²) in [7, 11) is 0. The molecule has 0 spiro atoms. The minimum absolute atomic E-state index is 0.0454. The highest BCUT2D eigenvalue weighted by Crippen LogP contribution is 2.27. The second kappa shape index (κ2) is 5.10. The molecule has 0 aliphatic rings. The molecule has 0 aliphatic heterocycles. The Morgan fingerprint density at radius 3 is 2.65 bits per heavy atom. The molecule has 100 valence electrons. The van der Waals surface area contributed by atoms with Gasteiger partial charge in [-0.25, -0.2) is 4.39 Å². The molecule has 0 bridgehead atoms. The number of fused-ring (bicyclic) bond motifs is 1. The number of ketones is 1. The first-order chi connectivity index (χ1) is 9.65. The van der Waals surface area contributed by atoms with Gasteiger partial charge in [0.25, 0.3) is 0 Å². The number of carbonyl (C=O) groups excluding carboxylic acids is 1. The van der Waals surface area contributed by atoms with Crippen LogP contribution in [-0.4, -0.2) is 10.8 Å². The molecule has 2 aromatic carbocycles. The molecule has 3 rings (SSSR count). The van der Waals surface area contributed by atoms with Gasteiger partial charge in [-0.05, 0) is 29.8 Å². The Morgan fingerprint density at radius 1 is 1.15 bits per heavy atom. The Balaban J connectivity index is 1.95. The van der Waals surface area contributed by atoms with Gasteiger partial charge in [-0.15, -0.1) is 0 Å². The lowest BCUT2D eigenvalue weighted by Gasteiger charge is -2.02. The van der Waals surface area contributed by atoms with E-state index in [1.807, 2.05) is 12.1 Å². The second-order valence-corrected chi connectivity index (χ2v) is 5.00. The topological polar surface area (TPSA) is 32.9 Å². The van der Waals surface area contributed by atoms with Gasteiger partial charge in [0.15, 0.2) is 5.78 Å². The third kappa shape index (κ3) is 2.32. The molecule has 0 amide bonds. The van der Waals surface area contributed by atoms with E-state index in [0.29, 0.717) is 10.6 Å². The Morgan fingerprint density at radius 2 is 1.90 bits per heavy atom. The first-order valence-corrected chi connectivity index (χ1v) is 6.56. The molecular weight excluding hydrogens is 277 g/mol. The smallest absolute Gasteiger partial charge is 0.169 e. The van der Waals surface area contributed by atoms with Crippen molar-refractivity contribution in [3.63, 3.8) is 0 Å². The molecule has 0 unspecified atom stereocenters. The van der Waals surface area contributed by atoms with Crippen LogP contribution in [-0.2, 0) is 6.42 Å². The van der Waals surface area contributed by atoms with Crippen LogP contribution in [0, 0.1) is 5.82 Å². The summed E-state index contributed by atoms with van der Waals surface area (Å²) >= 11 is 6.15. The van der Waals surface area contributed by atoms with E-state index < -0.39 is 0 Å². The van der Waals surface area contributed by atoms with Crippen molar-refractivity contribution < 1.29 is 9.18 Å². The molecule has 0 fully saturated rings. The van der Waals surface area contributed by atoms with Crippen LogP contribution in [0.25, 0.3) is 10.9 Å². The number of aromatic nitrogens is 1. The van der Waals surface area contributed by atoms with Gasteiger partial charge in [0.05, 0.1) is 5.02 Å². The summed E-state index contributed by atoms with van der Waals surface area (Å²) in [5.74, 6) is -0.354. The van der Waals surface area contributed by atoms with Crippen molar-refractivity contribution in [1.29, 1.82) is 0 Å². The molecule has 0 aliphatic carbocycles. The fourth-order valence-electron chi connectivity index (χ4n) is 2.24. The number of nitrogens with one attached hydrogen (secondary N) is 1. The third-order valence-electron chi connectivity index (χ3n) is 3.23. The van der Waals surface area contributed by atoms with Crippen molar-refractivity contribution in [2.45, 2.75) is 6.42 Å². The molecule has 0 radical (unpaired) electrons. The Hall–Kier alpha value is -2.13. The van der Waals surface area contributed by atoms with Crippen LogP contribution in [0.2, 0.25) is 5.02 Å². The highest BCUT2D eigenvalue weighted by atomic mass is 35.5. The van der Waals surface area contributed by atoms with Crippen LogP contribution in [0.15, 0.2) is 48.7 Å². The fourth-order valence-corrected chi connectivity index (χ4v) is 2.52. The molecule has 0 saturated carbocycles. The minimum atomic E-state index is -0.309. The van der Waals surface area contributed by atoms with Crippen LogP contribution in [0.4, 0.5) is 4.39 Å². The van der Waals surface area contributed by atoms with Gasteiger partial charge in [-0.3, -0.25) is 4.79 Å². The number of carbonyl (C=O) groups is 1. The van der Waals surface area contributed by atoms with Gasteiger partial charge in [0.1, 0.15) is 5.82 Å². The van der Waals surface area contributed by atoms with Crippen molar-refractivity contribution >= 4 is 28.3 Å². The maximum Gasteiger partial charge on any atom is 0.169 e. The maximum atomic E-state index is 12.9. The van der Waals surface area contributed by atoms with Gasteiger partial charge in [0.2, 0.25) is 0 Å². The average Bonchev–Trinajstić information content (AvgIpc) is 2.87. The predicted molar refractivity (Wildman–Crippen MR) is 77.7 cm³/mol. The summed E-state index contributed by atoms with van der Waals surface area (Å²) < 4.78 is 12.9. The molecule has 3 aromatic rings. The van der Waals surface area contributed by atoms with E-state index in [1.165, 1.54) is 12.1 Å². The number of rotatable bonds is 3. The number of H-pyrrole nitrogens is 1. The maximum absolute atomic E-state index is 12.9. The van der Waals surface area contributed by atoms with Crippen molar-refractivity contribution in [3.05, 3.63) is 70.6 Å². The fraction of sp³-hybridized carbons (Fsp3) is 0.0625. The summed E-state index contributed by atoms with van der Waals surface area (Å²) in [4.78, 5) is 15.4. The number of Topliss-reactive ketones (excluding diaryl/α,β-unsaturated/α-hetero) is 1. The quantitative estimate of drug-likeness (QED) is 0.712. The van der Waals surface area contributed by atoms with Crippen LogP contribution < -0.4 is 0 Å². The lowest BCUT2D eigenvalue weighted by atomic mass is 10.0. The first kappa shape index (κ1) is 12.9. The largest absolute Gasteiger partial charge is 0.360 e. The Bertz CT molecular complexity index is 777. The van der Waals surface area contributed by atoms with Gasteiger partial charge in [-0.1, -0.05) is 29.8 Å². The van der Waals surface area contributed by atoms with Crippen LogP contribution >= 0.6 is 11.6 Å². The zero-order valence-electron chi connectivity index (χ0n) is 10.5.